The van der Waals surface area contributed by atoms with Crippen molar-refractivity contribution in [3.8, 4) is 0 Å². The molecule has 24 heavy (non-hydrogen) atoms. The molecular formula is C14H12F3N5O2. The number of nitrogens with one attached hydrogen (secondary N) is 2. The summed E-state index contributed by atoms with van der Waals surface area (Å²) in [5.74, 6) is -0.472. The maximum atomic E-state index is 13.0. The quantitative estimate of drug-likeness (QED) is 0.473. The zero-order chi connectivity index (χ0) is 17.7. The highest BCUT2D eigenvalue weighted by atomic mass is 19.4. The zero-order valence-corrected chi connectivity index (χ0v) is 12.2. The van der Waals surface area contributed by atoms with Crippen LogP contribution >= 0.6 is 0 Å². The topological polar surface area (TPSA) is 93.0 Å². The fraction of sp³-hybridized carbons (Fsp3) is 0.143. The summed E-state index contributed by atoms with van der Waals surface area (Å²) in [4.78, 5) is 17.9. The monoisotopic (exact) mass is 339 g/mol. The Morgan fingerprint density at radius 2 is 1.92 bits per heavy atom. The maximum Gasteiger partial charge on any atom is 0.418 e. The predicted molar refractivity (Wildman–Crippen MR) is 82.1 cm³/mol. The molecule has 1 aromatic heterocycles. The van der Waals surface area contributed by atoms with Crippen molar-refractivity contribution in [2.45, 2.75) is 6.18 Å². The van der Waals surface area contributed by atoms with Gasteiger partial charge >= 0.3 is 11.9 Å². The van der Waals surface area contributed by atoms with Gasteiger partial charge in [0.25, 0.3) is 0 Å². The Labute approximate surface area is 134 Å². The van der Waals surface area contributed by atoms with E-state index in [0.29, 0.717) is 0 Å². The third-order valence-corrected chi connectivity index (χ3v) is 2.90. The first kappa shape index (κ1) is 17.2. The number of para-hydroxylation sites is 1. The zero-order valence-electron chi connectivity index (χ0n) is 12.2. The average Bonchev–Trinajstić information content (AvgIpc) is 2.52. The minimum Gasteiger partial charge on any atom is -0.361 e. The van der Waals surface area contributed by atoms with Crippen LogP contribution in [0.25, 0.3) is 0 Å². The molecule has 2 rings (SSSR count). The SMILES string of the molecule is C=CCNc1ncnc(Nc2ccccc2C(F)(F)F)c1[N+](=O)[O-]. The van der Waals surface area contributed by atoms with Crippen LogP contribution in [0.5, 0.6) is 0 Å². The van der Waals surface area contributed by atoms with Crippen LogP contribution in [0.15, 0.2) is 43.2 Å². The smallest absolute Gasteiger partial charge is 0.361 e. The second-order valence-corrected chi connectivity index (χ2v) is 4.51. The van der Waals surface area contributed by atoms with Gasteiger partial charge < -0.3 is 10.6 Å². The fourth-order valence-electron chi connectivity index (χ4n) is 1.91. The molecule has 2 aromatic rings. The van der Waals surface area contributed by atoms with Crippen molar-refractivity contribution in [3.05, 3.63) is 58.9 Å². The van der Waals surface area contributed by atoms with E-state index in [4.69, 9.17) is 0 Å². The van der Waals surface area contributed by atoms with Crippen molar-refractivity contribution >= 4 is 23.0 Å². The minimum atomic E-state index is -4.62. The van der Waals surface area contributed by atoms with Crippen molar-refractivity contribution in [2.24, 2.45) is 0 Å². The van der Waals surface area contributed by atoms with E-state index in [1.54, 1.807) is 0 Å². The van der Waals surface area contributed by atoms with Gasteiger partial charge in [0.05, 0.1) is 16.2 Å². The van der Waals surface area contributed by atoms with Gasteiger partial charge in [-0.05, 0) is 12.1 Å². The van der Waals surface area contributed by atoms with E-state index in [-0.39, 0.29) is 23.9 Å². The van der Waals surface area contributed by atoms with E-state index < -0.39 is 22.4 Å². The Morgan fingerprint density at radius 3 is 2.54 bits per heavy atom. The lowest BCUT2D eigenvalue weighted by Crippen LogP contribution is -2.11. The van der Waals surface area contributed by atoms with Gasteiger partial charge in [-0.15, -0.1) is 6.58 Å². The first-order valence-corrected chi connectivity index (χ1v) is 6.62. The summed E-state index contributed by atoms with van der Waals surface area (Å²) in [5, 5.41) is 16.3. The molecule has 0 amide bonds. The van der Waals surface area contributed by atoms with Gasteiger partial charge in [0.15, 0.2) is 0 Å². The highest BCUT2D eigenvalue weighted by molar-refractivity contribution is 5.75. The van der Waals surface area contributed by atoms with Crippen LogP contribution in [0.1, 0.15) is 5.56 Å². The third-order valence-electron chi connectivity index (χ3n) is 2.90. The number of nitrogens with zero attached hydrogens (tertiary/aromatic N) is 3. The van der Waals surface area contributed by atoms with Crippen molar-refractivity contribution in [1.29, 1.82) is 0 Å². The molecule has 2 N–H and O–H groups in total. The number of alkyl halides is 3. The lowest BCUT2D eigenvalue weighted by Gasteiger charge is -2.14. The maximum absolute atomic E-state index is 13.0. The molecule has 126 valence electrons. The second-order valence-electron chi connectivity index (χ2n) is 4.51. The summed E-state index contributed by atoms with van der Waals surface area (Å²) in [6, 6.07) is 4.62. The highest BCUT2D eigenvalue weighted by Crippen LogP contribution is 2.38. The number of nitro groups is 1. The van der Waals surface area contributed by atoms with Gasteiger partial charge in [0.2, 0.25) is 11.6 Å². The number of anilines is 3. The van der Waals surface area contributed by atoms with Crippen LogP contribution in [-0.2, 0) is 6.18 Å². The third kappa shape index (κ3) is 3.77. The first-order valence-electron chi connectivity index (χ1n) is 6.62. The van der Waals surface area contributed by atoms with Gasteiger partial charge in [0.1, 0.15) is 6.33 Å². The van der Waals surface area contributed by atoms with E-state index >= 15 is 0 Å². The van der Waals surface area contributed by atoms with Gasteiger partial charge in [-0.2, -0.15) is 13.2 Å². The second kappa shape index (κ2) is 6.94. The predicted octanol–water partition coefficient (Wildman–Crippen LogP) is 3.75. The molecule has 10 heteroatoms. The van der Waals surface area contributed by atoms with E-state index in [2.05, 4.69) is 27.2 Å². The van der Waals surface area contributed by atoms with Gasteiger partial charge in [-0.1, -0.05) is 18.2 Å². The molecule has 0 aliphatic carbocycles. The van der Waals surface area contributed by atoms with Crippen LogP contribution in [0.2, 0.25) is 0 Å². The van der Waals surface area contributed by atoms with E-state index in [1.165, 1.54) is 18.2 Å². The summed E-state index contributed by atoms with van der Waals surface area (Å²) >= 11 is 0. The lowest BCUT2D eigenvalue weighted by atomic mass is 10.1. The Bertz CT molecular complexity index is 764. The molecule has 0 atom stereocenters. The summed E-state index contributed by atoms with van der Waals surface area (Å²) in [6.45, 7) is 3.65. The molecule has 0 aliphatic rings. The molecule has 0 saturated heterocycles. The van der Waals surface area contributed by atoms with Crippen molar-refractivity contribution < 1.29 is 18.1 Å². The number of aromatic nitrogens is 2. The van der Waals surface area contributed by atoms with Gasteiger partial charge in [-0.25, -0.2) is 9.97 Å². The van der Waals surface area contributed by atoms with E-state index in [9.17, 15) is 23.3 Å². The highest BCUT2D eigenvalue weighted by Gasteiger charge is 2.34. The lowest BCUT2D eigenvalue weighted by molar-refractivity contribution is -0.383. The normalized spacial score (nSPS) is 11.0. The molecule has 0 radical (unpaired) electrons. The molecule has 0 saturated carbocycles. The molecule has 0 spiro atoms. The molecule has 1 heterocycles. The Hall–Kier alpha value is -3.17. The van der Waals surface area contributed by atoms with Gasteiger partial charge in [0, 0.05) is 6.54 Å². The van der Waals surface area contributed by atoms with Crippen LogP contribution < -0.4 is 10.6 Å². The Kier molecular flexibility index (Phi) is 4.97. The summed E-state index contributed by atoms with van der Waals surface area (Å²) < 4.78 is 39.1. The van der Waals surface area contributed by atoms with Crippen molar-refractivity contribution in [2.75, 3.05) is 17.2 Å². The van der Waals surface area contributed by atoms with Crippen LogP contribution in [-0.4, -0.2) is 21.4 Å². The molecule has 0 fully saturated rings. The van der Waals surface area contributed by atoms with E-state index in [1.807, 2.05) is 0 Å². The first-order chi connectivity index (χ1) is 11.3. The molecule has 7 nitrogen and oxygen atoms in total. The Balaban J connectivity index is 2.48. The minimum absolute atomic E-state index is 0.123. The summed E-state index contributed by atoms with van der Waals surface area (Å²) in [7, 11) is 0. The molecule has 0 unspecified atom stereocenters. The number of halogens is 3. The molecule has 0 bridgehead atoms. The molecular weight excluding hydrogens is 327 g/mol. The standard InChI is InChI=1S/C14H12F3N5O2/c1-2-7-18-12-11(22(23)24)13(20-8-19-12)21-10-6-4-3-5-9(10)14(15,16)17/h2-6,8H,1,7H2,(H2,18,19,20,21). The number of hydrogen-bond acceptors (Lipinski definition) is 6. The largest absolute Gasteiger partial charge is 0.418 e. The summed E-state index contributed by atoms with van der Waals surface area (Å²) in [5.41, 5.74) is -1.86. The van der Waals surface area contributed by atoms with Crippen LogP contribution in [0.3, 0.4) is 0 Å². The van der Waals surface area contributed by atoms with Crippen LogP contribution in [0, 0.1) is 10.1 Å². The Morgan fingerprint density at radius 1 is 1.25 bits per heavy atom. The fourth-order valence-corrected chi connectivity index (χ4v) is 1.91. The average molecular weight is 339 g/mol. The summed E-state index contributed by atoms with van der Waals surface area (Å²) in [6.07, 6.45) is -2.15. The van der Waals surface area contributed by atoms with Crippen molar-refractivity contribution in [1.82, 2.24) is 9.97 Å². The number of hydrogen-bond donors (Lipinski definition) is 2. The van der Waals surface area contributed by atoms with E-state index in [0.717, 1.165) is 18.5 Å². The number of rotatable bonds is 6. The number of benzene rings is 1. The van der Waals surface area contributed by atoms with Gasteiger partial charge in [-0.3, -0.25) is 10.1 Å². The van der Waals surface area contributed by atoms with Crippen molar-refractivity contribution in [3.63, 3.8) is 0 Å². The molecule has 0 aliphatic heterocycles. The van der Waals surface area contributed by atoms with Crippen LogP contribution in [0.4, 0.5) is 36.2 Å². The molecule has 1 aromatic carbocycles.